The quantitative estimate of drug-likeness (QED) is 0.351. The van der Waals surface area contributed by atoms with Crippen LogP contribution >= 0.6 is 0 Å². The summed E-state index contributed by atoms with van der Waals surface area (Å²) in [5.74, 6) is -0.314. The van der Waals surface area contributed by atoms with Gasteiger partial charge in [0.1, 0.15) is 18.5 Å². The van der Waals surface area contributed by atoms with E-state index in [0.717, 1.165) is 57.8 Å². The third-order valence-corrected chi connectivity index (χ3v) is 8.66. The fourth-order valence-corrected chi connectivity index (χ4v) is 6.50. The molecule has 4 unspecified atom stereocenters. The van der Waals surface area contributed by atoms with E-state index < -0.39 is 30.1 Å². The van der Waals surface area contributed by atoms with Crippen molar-refractivity contribution in [3.05, 3.63) is 34.9 Å². The van der Waals surface area contributed by atoms with Gasteiger partial charge in [0.2, 0.25) is 11.8 Å². The Labute approximate surface area is 223 Å². The first-order chi connectivity index (χ1) is 18.5. The van der Waals surface area contributed by atoms with E-state index in [1.165, 1.54) is 7.11 Å². The van der Waals surface area contributed by atoms with Crippen LogP contribution in [0.25, 0.3) is 0 Å². The number of ether oxygens (including phenoxy) is 2. The van der Waals surface area contributed by atoms with Crippen LogP contribution in [0.15, 0.2) is 23.8 Å². The molecular formula is C29H38N2O7. The first-order valence-corrected chi connectivity index (χ1v) is 13.9. The zero-order valence-corrected chi connectivity index (χ0v) is 21.9. The monoisotopic (exact) mass is 526 g/mol. The largest absolute Gasteiger partial charge is 0.493 e. The predicted molar refractivity (Wildman–Crippen MR) is 139 cm³/mol. The number of nitrogens with zero attached hydrogens (tertiary/aromatic N) is 1. The molecule has 9 nitrogen and oxygen atoms in total. The molecule has 3 N–H and O–H groups in total. The number of methoxy groups -OCH3 is 1. The SMILES string of the molecule is COc1cc(C=O)cc2c1OC1C2C(C(=O)NCCO)=CC(N(C(=O)C2CCC2)C2CCCCCC2)C1O. The lowest BCUT2D eigenvalue weighted by Crippen LogP contribution is -2.59. The number of carbonyl (C=O) groups excluding carboxylic acids is 3. The molecule has 3 aliphatic carbocycles. The molecule has 5 rings (SSSR count). The molecule has 0 saturated heterocycles. The zero-order valence-electron chi connectivity index (χ0n) is 21.9. The number of amides is 2. The van der Waals surface area contributed by atoms with Crippen LogP contribution in [0.4, 0.5) is 0 Å². The van der Waals surface area contributed by atoms with Crippen LogP contribution in [0.1, 0.15) is 79.6 Å². The normalized spacial score (nSPS) is 27.1. The highest BCUT2D eigenvalue weighted by atomic mass is 16.5. The summed E-state index contributed by atoms with van der Waals surface area (Å²) in [7, 11) is 1.48. The van der Waals surface area contributed by atoms with Crippen molar-refractivity contribution < 1.29 is 34.1 Å². The minimum atomic E-state index is -1.08. The average molecular weight is 527 g/mol. The van der Waals surface area contributed by atoms with Gasteiger partial charge < -0.3 is 29.9 Å². The lowest BCUT2D eigenvalue weighted by atomic mass is 9.76. The minimum absolute atomic E-state index is 0.0141. The second kappa shape index (κ2) is 11.5. The highest BCUT2D eigenvalue weighted by Crippen LogP contribution is 2.51. The second-order valence-corrected chi connectivity index (χ2v) is 10.9. The van der Waals surface area contributed by atoms with E-state index >= 15 is 0 Å². The molecule has 2 amide bonds. The molecule has 0 spiro atoms. The number of carbonyl (C=O) groups is 3. The molecule has 1 aliphatic heterocycles. The molecule has 0 radical (unpaired) electrons. The number of benzene rings is 1. The maximum Gasteiger partial charge on any atom is 0.247 e. The fraction of sp³-hybridized carbons (Fsp3) is 0.621. The van der Waals surface area contributed by atoms with Crippen LogP contribution in [-0.4, -0.2) is 77.8 Å². The van der Waals surface area contributed by atoms with Gasteiger partial charge in [0.05, 0.1) is 25.7 Å². The van der Waals surface area contributed by atoms with Crippen molar-refractivity contribution in [2.75, 3.05) is 20.3 Å². The predicted octanol–water partition coefficient (Wildman–Crippen LogP) is 2.48. The third kappa shape index (κ3) is 4.82. The number of aldehydes is 1. The molecule has 9 heteroatoms. The summed E-state index contributed by atoms with van der Waals surface area (Å²) in [4.78, 5) is 40.9. The smallest absolute Gasteiger partial charge is 0.247 e. The number of fused-ring (bicyclic) bond motifs is 3. The van der Waals surface area contributed by atoms with Crippen molar-refractivity contribution in [1.29, 1.82) is 0 Å². The van der Waals surface area contributed by atoms with Crippen LogP contribution in [0.3, 0.4) is 0 Å². The van der Waals surface area contributed by atoms with Gasteiger partial charge >= 0.3 is 0 Å². The molecule has 38 heavy (non-hydrogen) atoms. The number of aliphatic hydroxyl groups is 2. The van der Waals surface area contributed by atoms with Crippen LogP contribution < -0.4 is 14.8 Å². The van der Waals surface area contributed by atoms with Gasteiger partial charge in [0.25, 0.3) is 0 Å². The van der Waals surface area contributed by atoms with Crippen molar-refractivity contribution in [2.24, 2.45) is 5.92 Å². The Hall–Kier alpha value is -2.91. The average Bonchev–Trinajstić information content (AvgIpc) is 3.08. The first-order valence-electron chi connectivity index (χ1n) is 13.9. The standard InChI is InChI=1S/C29H38N2O7/c1-37-23-14-17(16-33)13-20-24-21(28(35)30-11-12-32)15-22(25(34)27(24)38-26(20)23)31(29(36)18-7-6-8-18)19-9-4-2-3-5-10-19/h13-16,18-19,22,24-25,27,32,34H,2-12H2,1H3,(H,30,35). The van der Waals surface area contributed by atoms with Gasteiger partial charge in [-0.15, -0.1) is 0 Å². The summed E-state index contributed by atoms with van der Waals surface area (Å²) in [6.45, 7) is -0.150. The van der Waals surface area contributed by atoms with Gasteiger partial charge in [-0.25, -0.2) is 0 Å². The third-order valence-electron chi connectivity index (χ3n) is 8.66. The number of rotatable bonds is 8. The molecule has 1 aromatic rings. The Bertz CT molecular complexity index is 1090. The number of hydrogen-bond acceptors (Lipinski definition) is 7. The van der Waals surface area contributed by atoms with E-state index in [1.807, 2.05) is 4.90 Å². The summed E-state index contributed by atoms with van der Waals surface area (Å²) < 4.78 is 11.8. The Balaban J connectivity index is 1.59. The van der Waals surface area contributed by atoms with Crippen LogP contribution in [0, 0.1) is 5.92 Å². The van der Waals surface area contributed by atoms with Crippen molar-refractivity contribution >= 4 is 18.1 Å². The maximum absolute atomic E-state index is 13.9. The lowest BCUT2D eigenvalue weighted by Gasteiger charge is -2.46. The van der Waals surface area contributed by atoms with Crippen LogP contribution in [0.5, 0.6) is 11.5 Å². The molecule has 1 heterocycles. The van der Waals surface area contributed by atoms with Gasteiger partial charge in [-0.05, 0) is 43.9 Å². The van der Waals surface area contributed by atoms with E-state index in [9.17, 15) is 24.6 Å². The molecule has 4 aliphatic rings. The first kappa shape index (κ1) is 26.7. The van der Waals surface area contributed by atoms with E-state index in [-0.39, 0.29) is 31.0 Å². The molecule has 0 aromatic heterocycles. The highest BCUT2D eigenvalue weighted by molar-refractivity contribution is 5.96. The summed E-state index contributed by atoms with van der Waals surface area (Å²) in [6.07, 6.45) is 9.27. The zero-order chi connectivity index (χ0) is 26.8. The van der Waals surface area contributed by atoms with Crippen molar-refractivity contribution in [3.63, 3.8) is 0 Å². The number of hydrogen-bond donors (Lipinski definition) is 3. The van der Waals surface area contributed by atoms with Gasteiger partial charge in [0, 0.05) is 35.2 Å². The summed E-state index contributed by atoms with van der Waals surface area (Å²) >= 11 is 0. The molecule has 1 aromatic carbocycles. The summed E-state index contributed by atoms with van der Waals surface area (Å²) in [5.41, 5.74) is 1.32. The maximum atomic E-state index is 13.9. The van der Waals surface area contributed by atoms with Crippen molar-refractivity contribution in [2.45, 2.75) is 88.0 Å². The molecule has 4 atom stereocenters. The van der Waals surface area contributed by atoms with Gasteiger partial charge in [-0.3, -0.25) is 14.4 Å². The van der Waals surface area contributed by atoms with Gasteiger partial charge in [-0.2, -0.15) is 0 Å². The van der Waals surface area contributed by atoms with Crippen molar-refractivity contribution in [1.82, 2.24) is 10.2 Å². The Morgan fingerprint density at radius 1 is 1.13 bits per heavy atom. The minimum Gasteiger partial charge on any atom is -0.493 e. The van der Waals surface area contributed by atoms with Crippen molar-refractivity contribution in [3.8, 4) is 11.5 Å². The van der Waals surface area contributed by atoms with E-state index in [1.54, 1.807) is 18.2 Å². The summed E-state index contributed by atoms with van der Waals surface area (Å²) in [5, 5.41) is 23.9. The fourth-order valence-electron chi connectivity index (χ4n) is 6.50. The van der Waals surface area contributed by atoms with Gasteiger partial charge in [0.15, 0.2) is 11.5 Å². The van der Waals surface area contributed by atoms with Crippen LogP contribution in [-0.2, 0) is 9.59 Å². The number of aliphatic hydroxyl groups excluding tert-OH is 2. The van der Waals surface area contributed by atoms with Crippen LogP contribution in [0.2, 0.25) is 0 Å². The van der Waals surface area contributed by atoms with E-state index in [0.29, 0.717) is 34.5 Å². The molecule has 2 fully saturated rings. The molecule has 0 bridgehead atoms. The van der Waals surface area contributed by atoms with E-state index in [2.05, 4.69) is 5.32 Å². The van der Waals surface area contributed by atoms with Gasteiger partial charge in [-0.1, -0.05) is 32.1 Å². The Kier molecular flexibility index (Phi) is 8.04. The molecule has 206 valence electrons. The molecular weight excluding hydrogens is 488 g/mol. The topological polar surface area (TPSA) is 125 Å². The summed E-state index contributed by atoms with van der Waals surface area (Å²) in [6, 6.07) is 2.49. The van der Waals surface area contributed by atoms with E-state index in [4.69, 9.17) is 9.47 Å². The Morgan fingerprint density at radius 2 is 1.87 bits per heavy atom. The Morgan fingerprint density at radius 3 is 2.47 bits per heavy atom. The lowest BCUT2D eigenvalue weighted by molar-refractivity contribution is -0.148. The number of nitrogens with one attached hydrogen (secondary N) is 1. The molecule has 2 saturated carbocycles. The second-order valence-electron chi connectivity index (χ2n) is 10.9. The highest BCUT2D eigenvalue weighted by Gasteiger charge is 2.52.